The van der Waals surface area contributed by atoms with Crippen LogP contribution in [-0.2, 0) is 6.54 Å². The van der Waals surface area contributed by atoms with Gasteiger partial charge in [0, 0.05) is 11.0 Å². The Morgan fingerprint density at radius 2 is 2.25 bits per heavy atom. The summed E-state index contributed by atoms with van der Waals surface area (Å²) in [6.45, 7) is 2.41. The van der Waals surface area contributed by atoms with E-state index in [0.29, 0.717) is 6.54 Å². The summed E-state index contributed by atoms with van der Waals surface area (Å²) in [5.74, 6) is -0.242. The third-order valence-corrected chi connectivity index (χ3v) is 3.53. The lowest BCUT2D eigenvalue weighted by atomic mass is 10.2. The van der Waals surface area contributed by atoms with E-state index in [9.17, 15) is 4.39 Å². The van der Waals surface area contributed by atoms with Crippen molar-refractivity contribution in [2.75, 3.05) is 5.32 Å². The smallest absolute Gasteiger partial charge is 0.205 e. The monoisotopic (exact) mass is 301 g/mol. The zero-order valence-electron chi connectivity index (χ0n) is 8.50. The molecule has 0 aliphatic heterocycles. The molecular formula is C10H9BrFN3S. The maximum Gasteiger partial charge on any atom is 0.205 e. The van der Waals surface area contributed by atoms with E-state index in [-0.39, 0.29) is 5.82 Å². The molecule has 0 fully saturated rings. The molecule has 0 radical (unpaired) electrons. The predicted molar refractivity (Wildman–Crippen MR) is 66.1 cm³/mol. The molecule has 6 heteroatoms. The van der Waals surface area contributed by atoms with Gasteiger partial charge in [-0.1, -0.05) is 27.3 Å². The van der Waals surface area contributed by atoms with Crippen LogP contribution in [0.4, 0.5) is 9.52 Å². The number of rotatable bonds is 3. The first-order valence-corrected chi connectivity index (χ1v) is 6.24. The van der Waals surface area contributed by atoms with Gasteiger partial charge in [0.25, 0.3) is 0 Å². The Hall–Kier alpha value is -1.01. The molecule has 0 saturated carbocycles. The molecule has 0 bridgehead atoms. The van der Waals surface area contributed by atoms with Crippen LogP contribution in [0.2, 0.25) is 0 Å². The second kappa shape index (κ2) is 4.88. The van der Waals surface area contributed by atoms with Gasteiger partial charge in [0.2, 0.25) is 5.13 Å². The average Bonchev–Trinajstić information content (AvgIpc) is 2.66. The molecule has 0 aliphatic carbocycles. The van der Waals surface area contributed by atoms with E-state index < -0.39 is 0 Å². The molecule has 84 valence electrons. The fourth-order valence-corrected chi connectivity index (χ4v) is 2.19. The van der Waals surface area contributed by atoms with Gasteiger partial charge in [-0.25, -0.2) is 4.39 Å². The average molecular weight is 302 g/mol. The second-order valence-corrected chi connectivity index (χ2v) is 5.25. The molecule has 0 amide bonds. The zero-order valence-corrected chi connectivity index (χ0v) is 10.9. The number of halogens is 2. The number of aryl methyl sites for hydroxylation is 1. The van der Waals surface area contributed by atoms with Crippen LogP contribution in [0.15, 0.2) is 22.7 Å². The van der Waals surface area contributed by atoms with Crippen molar-refractivity contribution in [1.82, 2.24) is 10.2 Å². The number of benzene rings is 1. The minimum Gasteiger partial charge on any atom is -0.356 e. The SMILES string of the molecule is Cc1nnc(NCc2cc(F)ccc2Br)s1. The number of hydrogen-bond donors (Lipinski definition) is 1. The highest BCUT2D eigenvalue weighted by molar-refractivity contribution is 9.10. The fraction of sp³-hybridized carbons (Fsp3) is 0.200. The summed E-state index contributed by atoms with van der Waals surface area (Å²) >= 11 is 4.84. The molecule has 0 atom stereocenters. The standard InChI is InChI=1S/C10H9BrFN3S/c1-6-14-15-10(16-6)13-5-7-4-8(12)2-3-9(7)11/h2-4H,5H2,1H3,(H,13,15). The van der Waals surface area contributed by atoms with Gasteiger partial charge in [-0.2, -0.15) is 0 Å². The molecule has 1 N–H and O–H groups in total. The molecule has 0 spiro atoms. The van der Waals surface area contributed by atoms with Crippen LogP contribution in [0.1, 0.15) is 10.6 Å². The molecule has 2 rings (SSSR count). The fourth-order valence-electron chi connectivity index (χ4n) is 1.22. The lowest BCUT2D eigenvalue weighted by Gasteiger charge is -2.04. The minimum absolute atomic E-state index is 0.242. The second-order valence-electron chi connectivity index (χ2n) is 3.22. The number of anilines is 1. The van der Waals surface area contributed by atoms with Crippen molar-refractivity contribution >= 4 is 32.4 Å². The molecule has 1 heterocycles. The van der Waals surface area contributed by atoms with E-state index in [1.165, 1.54) is 23.5 Å². The van der Waals surface area contributed by atoms with Crippen molar-refractivity contribution in [3.8, 4) is 0 Å². The van der Waals surface area contributed by atoms with Gasteiger partial charge in [-0.05, 0) is 30.7 Å². The molecule has 1 aromatic heterocycles. The van der Waals surface area contributed by atoms with Crippen molar-refractivity contribution in [2.45, 2.75) is 13.5 Å². The number of nitrogens with one attached hydrogen (secondary N) is 1. The van der Waals surface area contributed by atoms with Gasteiger partial charge < -0.3 is 5.32 Å². The highest BCUT2D eigenvalue weighted by Crippen LogP contribution is 2.20. The van der Waals surface area contributed by atoms with Crippen LogP contribution in [0.5, 0.6) is 0 Å². The van der Waals surface area contributed by atoms with Crippen LogP contribution in [0, 0.1) is 12.7 Å². The number of nitrogens with zero attached hydrogens (tertiary/aromatic N) is 2. The first kappa shape index (κ1) is 11.5. The van der Waals surface area contributed by atoms with Crippen LogP contribution in [-0.4, -0.2) is 10.2 Å². The van der Waals surface area contributed by atoms with Gasteiger partial charge >= 0.3 is 0 Å². The van der Waals surface area contributed by atoms with E-state index >= 15 is 0 Å². The van der Waals surface area contributed by atoms with Gasteiger partial charge in [-0.3, -0.25) is 0 Å². The Labute approximate surface area is 105 Å². The lowest BCUT2D eigenvalue weighted by Crippen LogP contribution is -2.00. The summed E-state index contributed by atoms with van der Waals surface area (Å²) < 4.78 is 13.9. The normalized spacial score (nSPS) is 10.4. The number of hydrogen-bond acceptors (Lipinski definition) is 4. The molecule has 3 nitrogen and oxygen atoms in total. The Balaban J connectivity index is 2.07. The Bertz CT molecular complexity index is 501. The summed E-state index contributed by atoms with van der Waals surface area (Å²) in [7, 11) is 0. The third kappa shape index (κ3) is 2.76. The molecule has 16 heavy (non-hydrogen) atoms. The summed E-state index contributed by atoms with van der Waals surface area (Å²) in [4.78, 5) is 0. The highest BCUT2D eigenvalue weighted by Gasteiger charge is 2.04. The summed E-state index contributed by atoms with van der Waals surface area (Å²) in [5.41, 5.74) is 0.854. The van der Waals surface area contributed by atoms with Crippen LogP contribution in [0.3, 0.4) is 0 Å². The first-order valence-electron chi connectivity index (χ1n) is 4.63. The molecule has 0 saturated heterocycles. The van der Waals surface area contributed by atoms with Crippen LogP contribution < -0.4 is 5.32 Å². The molecule has 1 aromatic carbocycles. The van der Waals surface area contributed by atoms with Crippen molar-refractivity contribution < 1.29 is 4.39 Å². The van der Waals surface area contributed by atoms with Crippen LogP contribution in [0.25, 0.3) is 0 Å². The predicted octanol–water partition coefficient (Wildman–Crippen LogP) is 3.36. The van der Waals surface area contributed by atoms with E-state index in [1.54, 1.807) is 6.07 Å². The van der Waals surface area contributed by atoms with Gasteiger partial charge in [-0.15, -0.1) is 10.2 Å². The van der Waals surface area contributed by atoms with E-state index in [1.807, 2.05) is 6.92 Å². The van der Waals surface area contributed by atoms with Gasteiger partial charge in [0.1, 0.15) is 10.8 Å². The largest absolute Gasteiger partial charge is 0.356 e. The topological polar surface area (TPSA) is 37.8 Å². The van der Waals surface area contributed by atoms with Crippen molar-refractivity contribution in [1.29, 1.82) is 0 Å². The van der Waals surface area contributed by atoms with Gasteiger partial charge in [0.05, 0.1) is 0 Å². The van der Waals surface area contributed by atoms with Crippen molar-refractivity contribution in [3.05, 3.63) is 39.1 Å². The molecule has 0 unspecified atom stereocenters. The van der Waals surface area contributed by atoms with E-state index in [4.69, 9.17) is 0 Å². The first-order chi connectivity index (χ1) is 7.65. The van der Waals surface area contributed by atoms with Gasteiger partial charge in [0.15, 0.2) is 0 Å². The number of aromatic nitrogens is 2. The maximum absolute atomic E-state index is 13.0. The molecule has 2 aromatic rings. The summed E-state index contributed by atoms with van der Waals surface area (Å²) in [6.07, 6.45) is 0. The Morgan fingerprint density at radius 3 is 2.94 bits per heavy atom. The minimum atomic E-state index is -0.242. The van der Waals surface area contributed by atoms with E-state index in [0.717, 1.165) is 20.2 Å². The molecule has 0 aliphatic rings. The summed E-state index contributed by atoms with van der Waals surface area (Å²) in [5, 5.41) is 12.6. The van der Waals surface area contributed by atoms with E-state index in [2.05, 4.69) is 31.4 Å². The third-order valence-electron chi connectivity index (χ3n) is 1.96. The van der Waals surface area contributed by atoms with Crippen LogP contribution >= 0.6 is 27.3 Å². The molecular weight excluding hydrogens is 293 g/mol. The van der Waals surface area contributed by atoms with Crippen molar-refractivity contribution in [2.24, 2.45) is 0 Å². The van der Waals surface area contributed by atoms with Crippen molar-refractivity contribution in [3.63, 3.8) is 0 Å². The highest BCUT2D eigenvalue weighted by atomic mass is 79.9. The summed E-state index contributed by atoms with van der Waals surface area (Å²) in [6, 6.07) is 4.60. The quantitative estimate of drug-likeness (QED) is 0.944. The maximum atomic E-state index is 13.0. The Morgan fingerprint density at radius 1 is 1.44 bits per heavy atom. The lowest BCUT2D eigenvalue weighted by molar-refractivity contribution is 0.625. The Kier molecular flexibility index (Phi) is 3.50. The zero-order chi connectivity index (χ0) is 11.5.